The van der Waals surface area contributed by atoms with E-state index in [0.29, 0.717) is 11.6 Å². The van der Waals surface area contributed by atoms with Crippen molar-refractivity contribution in [2.75, 3.05) is 19.6 Å². The van der Waals surface area contributed by atoms with E-state index in [-0.39, 0.29) is 12.0 Å². The summed E-state index contributed by atoms with van der Waals surface area (Å²) < 4.78 is 1.85. The molecule has 6 heteroatoms. The number of halogens is 1. The Hall–Kier alpha value is -1.95. The molecule has 4 rings (SSSR count). The van der Waals surface area contributed by atoms with Crippen LogP contribution in [-0.4, -0.2) is 50.5 Å². The molecule has 0 bridgehead atoms. The zero-order valence-corrected chi connectivity index (χ0v) is 14.7. The van der Waals surface area contributed by atoms with E-state index in [1.54, 1.807) is 6.20 Å². The molecular formula is C19H21ClN4O. The third-order valence-electron chi connectivity index (χ3n) is 4.95. The van der Waals surface area contributed by atoms with Crippen molar-refractivity contribution in [2.24, 2.45) is 5.92 Å². The van der Waals surface area contributed by atoms with Gasteiger partial charge in [-0.05, 0) is 24.1 Å². The molecule has 130 valence electrons. The fourth-order valence-corrected chi connectivity index (χ4v) is 3.80. The van der Waals surface area contributed by atoms with Gasteiger partial charge in [0.05, 0.1) is 29.4 Å². The van der Waals surface area contributed by atoms with Crippen molar-refractivity contribution in [3.8, 4) is 0 Å². The lowest BCUT2D eigenvalue weighted by Gasteiger charge is -2.16. The Kier molecular flexibility index (Phi) is 4.70. The summed E-state index contributed by atoms with van der Waals surface area (Å²) in [6.07, 6.45) is 5.91. The number of aliphatic hydroxyl groups excluding tert-OH is 1. The number of rotatable bonds is 5. The van der Waals surface area contributed by atoms with Crippen molar-refractivity contribution < 1.29 is 5.11 Å². The second-order valence-electron chi connectivity index (χ2n) is 6.70. The standard InChI is InChI=1S/C19H21ClN4O/c20-16-10-22-24(12-16)8-7-23-11-15(19(25)13-23)9-14-5-6-21-18-4-2-1-3-17(14)18/h1-6,10,12,15,19,25H,7-9,11,13H2/t15-,19-/m1/s1. The Bertz CT molecular complexity index is 860. The summed E-state index contributed by atoms with van der Waals surface area (Å²) in [6.45, 7) is 3.25. The van der Waals surface area contributed by atoms with E-state index in [1.807, 2.05) is 35.3 Å². The number of hydrogen-bond acceptors (Lipinski definition) is 4. The van der Waals surface area contributed by atoms with Gasteiger partial charge in [0.15, 0.2) is 0 Å². The molecule has 3 heterocycles. The number of pyridine rings is 1. The number of β-amino-alcohol motifs (C(OH)–C–C–N with tert-alkyl or cyclic N) is 1. The summed E-state index contributed by atoms with van der Waals surface area (Å²) in [4.78, 5) is 6.72. The molecule has 5 nitrogen and oxygen atoms in total. The van der Waals surface area contributed by atoms with Gasteiger partial charge in [-0.2, -0.15) is 5.10 Å². The van der Waals surface area contributed by atoms with Crippen LogP contribution in [0.3, 0.4) is 0 Å². The summed E-state index contributed by atoms with van der Waals surface area (Å²) in [5.74, 6) is 0.243. The molecule has 2 aromatic heterocycles. The van der Waals surface area contributed by atoms with Gasteiger partial charge in [-0.3, -0.25) is 14.6 Å². The van der Waals surface area contributed by atoms with Crippen LogP contribution in [-0.2, 0) is 13.0 Å². The average molecular weight is 357 g/mol. The fraction of sp³-hybridized carbons (Fsp3) is 0.368. The predicted octanol–water partition coefficient (Wildman–Crippen LogP) is 2.62. The van der Waals surface area contributed by atoms with Crippen molar-refractivity contribution in [3.05, 3.63) is 59.5 Å². The molecule has 0 radical (unpaired) electrons. The maximum absolute atomic E-state index is 10.5. The highest BCUT2D eigenvalue weighted by atomic mass is 35.5. The number of nitrogens with zero attached hydrogens (tertiary/aromatic N) is 4. The van der Waals surface area contributed by atoms with Gasteiger partial charge in [-0.1, -0.05) is 29.8 Å². The van der Waals surface area contributed by atoms with Gasteiger partial charge >= 0.3 is 0 Å². The molecule has 0 unspecified atom stereocenters. The Labute approximate surface area is 151 Å². The predicted molar refractivity (Wildman–Crippen MR) is 98.6 cm³/mol. The van der Waals surface area contributed by atoms with Crippen LogP contribution in [0.2, 0.25) is 5.02 Å². The van der Waals surface area contributed by atoms with Gasteiger partial charge in [-0.25, -0.2) is 0 Å². The summed E-state index contributed by atoms with van der Waals surface area (Å²) in [7, 11) is 0. The minimum atomic E-state index is -0.298. The number of aliphatic hydroxyl groups is 1. The SMILES string of the molecule is O[C@@H]1CN(CCn2cc(Cl)cn2)C[C@H]1Cc1ccnc2ccccc12. The van der Waals surface area contributed by atoms with Crippen molar-refractivity contribution in [1.82, 2.24) is 19.7 Å². The number of fused-ring (bicyclic) bond motifs is 1. The molecule has 0 amide bonds. The topological polar surface area (TPSA) is 54.2 Å². The van der Waals surface area contributed by atoms with E-state index in [2.05, 4.69) is 27.1 Å². The summed E-state index contributed by atoms with van der Waals surface area (Å²) in [5, 5.41) is 16.5. The molecule has 2 atom stereocenters. The second kappa shape index (κ2) is 7.12. The summed E-state index contributed by atoms with van der Waals surface area (Å²) in [6, 6.07) is 10.3. The van der Waals surface area contributed by atoms with Crippen LogP contribution < -0.4 is 0 Å². The van der Waals surface area contributed by atoms with E-state index in [0.717, 1.165) is 31.6 Å². The Balaban J connectivity index is 1.41. The first kappa shape index (κ1) is 16.5. The quantitative estimate of drug-likeness (QED) is 0.763. The van der Waals surface area contributed by atoms with Gasteiger partial charge in [-0.15, -0.1) is 0 Å². The van der Waals surface area contributed by atoms with Gasteiger partial charge in [0.2, 0.25) is 0 Å². The maximum atomic E-state index is 10.5. The van der Waals surface area contributed by atoms with Crippen LogP contribution >= 0.6 is 11.6 Å². The molecule has 1 aliphatic heterocycles. The molecule has 0 aliphatic carbocycles. The molecule has 0 spiro atoms. The van der Waals surface area contributed by atoms with Gasteiger partial charge < -0.3 is 5.11 Å². The number of para-hydroxylation sites is 1. The largest absolute Gasteiger partial charge is 0.391 e. The van der Waals surface area contributed by atoms with E-state index >= 15 is 0 Å². The summed E-state index contributed by atoms with van der Waals surface area (Å²) in [5.41, 5.74) is 2.27. The van der Waals surface area contributed by atoms with E-state index in [4.69, 9.17) is 11.6 Å². The van der Waals surface area contributed by atoms with Crippen molar-refractivity contribution in [3.63, 3.8) is 0 Å². The Morgan fingerprint density at radius 1 is 1.16 bits per heavy atom. The Morgan fingerprint density at radius 2 is 2.04 bits per heavy atom. The number of hydrogen-bond donors (Lipinski definition) is 1. The van der Waals surface area contributed by atoms with Gasteiger partial charge in [0.1, 0.15) is 0 Å². The molecule has 3 aromatic rings. The first-order valence-electron chi connectivity index (χ1n) is 8.60. The van der Waals surface area contributed by atoms with Crippen LogP contribution in [0.15, 0.2) is 48.9 Å². The van der Waals surface area contributed by atoms with Crippen LogP contribution in [0.4, 0.5) is 0 Å². The molecule has 1 aliphatic rings. The van der Waals surface area contributed by atoms with Gasteiger partial charge in [0, 0.05) is 43.3 Å². The first-order chi connectivity index (χ1) is 12.2. The van der Waals surface area contributed by atoms with Crippen LogP contribution in [0.5, 0.6) is 0 Å². The van der Waals surface area contributed by atoms with Crippen molar-refractivity contribution in [1.29, 1.82) is 0 Å². The van der Waals surface area contributed by atoms with Crippen molar-refractivity contribution in [2.45, 2.75) is 19.1 Å². The zero-order chi connectivity index (χ0) is 17.2. The van der Waals surface area contributed by atoms with Crippen LogP contribution in [0, 0.1) is 5.92 Å². The molecule has 1 N–H and O–H groups in total. The Morgan fingerprint density at radius 3 is 2.88 bits per heavy atom. The molecule has 1 aromatic carbocycles. The highest BCUT2D eigenvalue weighted by Crippen LogP contribution is 2.25. The summed E-state index contributed by atoms with van der Waals surface area (Å²) >= 11 is 5.90. The molecular weight excluding hydrogens is 336 g/mol. The molecule has 1 fully saturated rings. The van der Waals surface area contributed by atoms with Crippen molar-refractivity contribution >= 4 is 22.5 Å². The minimum Gasteiger partial charge on any atom is -0.391 e. The number of benzene rings is 1. The smallest absolute Gasteiger partial charge is 0.0785 e. The lowest BCUT2D eigenvalue weighted by molar-refractivity contribution is 0.141. The van der Waals surface area contributed by atoms with E-state index in [1.165, 1.54) is 10.9 Å². The molecule has 0 saturated carbocycles. The second-order valence-corrected chi connectivity index (χ2v) is 7.14. The fourth-order valence-electron chi connectivity index (χ4n) is 3.64. The highest BCUT2D eigenvalue weighted by Gasteiger charge is 2.31. The first-order valence-corrected chi connectivity index (χ1v) is 8.98. The zero-order valence-electron chi connectivity index (χ0n) is 13.9. The molecule has 1 saturated heterocycles. The van der Waals surface area contributed by atoms with Crippen LogP contribution in [0.25, 0.3) is 10.9 Å². The normalized spacial score (nSPS) is 21.2. The average Bonchev–Trinajstić information content (AvgIpc) is 3.19. The molecule has 25 heavy (non-hydrogen) atoms. The van der Waals surface area contributed by atoms with E-state index in [9.17, 15) is 5.11 Å². The lowest BCUT2D eigenvalue weighted by Crippen LogP contribution is -2.26. The number of likely N-dealkylation sites (tertiary alicyclic amines) is 1. The maximum Gasteiger partial charge on any atom is 0.0785 e. The number of aromatic nitrogens is 3. The monoisotopic (exact) mass is 356 g/mol. The lowest BCUT2D eigenvalue weighted by atomic mass is 9.94. The third kappa shape index (κ3) is 3.68. The highest BCUT2D eigenvalue weighted by molar-refractivity contribution is 6.30. The van der Waals surface area contributed by atoms with Gasteiger partial charge in [0.25, 0.3) is 0 Å². The third-order valence-corrected chi connectivity index (χ3v) is 5.15. The van der Waals surface area contributed by atoms with E-state index < -0.39 is 0 Å². The minimum absolute atomic E-state index is 0.243. The van der Waals surface area contributed by atoms with Crippen LogP contribution in [0.1, 0.15) is 5.56 Å².